The third-order valence-electron chi connectivity index (χ3n) is 5.88. The molecule has 0 aliphatic heterocycles. The molecule has 0 aliphatic rings. The van der Waals surface area contributed by atoms with Gasteiger partial charge in [-0.05, 0) is 68.7 Å². The Hall–Kier alpha value is -4.09. The molecule has 9 heteroatoms. The second-order valence-electron chi connectivity index (χ2n) is 9.25. The Morgan fingerprint density at radius 2 is 1.89 bits per heavy atom. The molecule has 0 bridgehead atoms. The molecule has 0 saturated heterocycles. The van der Waals surface area contributed by atoms with E-state index in [4.69, 9.17) is 22.1 Å². The first-order valence-corrected chi connectivity index (χ1v) is 12.2. The molecule has 2 aromatic carbocycles. The summed E-state index contributed by atoms with van der Waals surface area (Å²) in [6.45, 7) is 5.26. The van der Waals surface area contributed by atoms with Crippen molar-refractivity contribution >= 4 is 29.1 Å². The van der Waals surface area contributed by atoms with Crippen molar-refractivity contribution in [3.05, 3.63) is 88.6 Å². The SMILES string of the molecule is CC(NC(=O)C(C)(C)Oc1ccc(NCC(N)=O)cn1)C(Cc1ccc(Cl)cc1)c1cccc(C#N)c1. The molecule has 0 radical (unpaired) electrons. The van der Waals surface area contributed by atoms with Gasteiger partial charge in [0.05, 0.1) is 30.1 Å². The van der Waals surface area contributed by atoms with Gasteiger partial charge < -0.3 is 21.1 Å². The number of pyridine rings is 1. The average molecular weight is 520 g/mol. The monoisotopic (exact) mass is 519 g/mol. The molecule has 0 spiro atoms. The first-order valence-electron chi connectivity index (χ1n) is 11.8. The molecular formula is C28H30ClN5O3. The molecule has 2 amide bonds. The fraction of sp³-hybridized carbons (Fsp3) is 0.286. The molecule has 0 fully saturated rings. The number of carbonyl (C=O) groups excluding carboxylic acids is 2. The molecule has 0 aliphatic carbocycles. The van der Waals surface area contributed by atoms with E-state index in [1.165, 1.54) is 6.20 Å². The van der Waals surface area contributed by atoms with Crippen LogP contribution in [0.5, 0.6) is 5.88 Å². The minimum Gasteiger partial charge on any atom is -0.462 e. The van der Waals surface area contributed by atoms with Crippen LogP contribution in [0.3, 0.4) is 0 Å². The number of nitrogens with zero attached hydrogens (tertiary/aromatic N) is 2. The maximum atomic E-state index is 13.3. The lowest BCUT2D eigenvalue weighted by atomic mass is 9.85. The van der Waals surface area contributed by atoms with Gasteiger partial charge in [0.15, 0.2) is 5.60 Å². The van der Waals surface area contributed by atoms with E-state index in [9.17, 15) is 14.9 Å². The largest absolute Gasteiger partial charge is 0.462 e. The Morgan fingerprint density at radius 1 is 1.16 bits per heavy atom. The predicted octanol–water partition coefficient (Wildman–Crippen LogP) is 4.19. The predicted molar refractivity (Wildman–Crippen MR) is 143 cm³/mol. The zero-order valence-electron chi connectivity index (χ0n) is 21.0. The van der Waals surface area contributed by atoms with Crippen LogP contribution in [0.15, 0.2) is 66.9 Å². The highest BCUT2D eigenvalue weighted by atomic mass is 35.5. The summed E-state index contributed by atoms with van der Waals surface area (Å²) in [6.07, 6.45) is 2.13. The van der Waals surface area contributed by atoms with Crippen LogP contribution in [0.1, 0.15) is 43.4 Å². The molecule has 0 saturated carbocycles. The van der Waals surface area contributed by atoms with Crippen LogP contribution in [0.4, 0.5) is 5.69 Å². The van der Waals surface area contributed by atoms with Gasteiger partial charge in [0.2, 0.25) is 11.8 Å². The highest BCUT2D eigenvalue weighted by molar-refractivity contribution is 6.30. The summed E-state index contributed by atoms with van der Waals surface area (Å²) in [5.74, 6) is -0.643. The minimum atomic E-state index is -1.22. The minimum absolute atomic E-state index is 0.0118. The first kappa shape index (κ1) is 27.5. The summed E-state index contributed by atoms with van der Waals surface area (Å²) in [5, 5.41) is 16.0. The van der Waals surface area contributed by atoms with E-state index in [2.05, 4.69) is 21.7 Å². The number of ether oxygens (including phenoxy) is 1. The lowest BCUT2D eigenvalue weighted by Gasteiger charge is -2.30. The van der Waals surface area contributed by atoms with Crippen molar-refractivity contribution < 1.29 is 14.3 Å². The van der Waals surface area contributed by atoms with Crippen LogP contribution in [0.2, 0.25) is 5.02 Å². The van der Waals surface area contributed by atoms with Gasteiger partial charge in [0.25, 0.3) is 5.91 Å². The van der Waals surface area contributed by atoms with Crippen molar-refractivity contribution in [2.24, 2.45) is 5.73 Å². The number of benzene rings is 2. The second kappa shape index (κ2) is 12.2. The van der Waals surface area contributed by atoms with Crippen molar-refractivity contribution in [2.75, 3.05) is 11.9 Å². The number of nitrogens with two attached hydrogens (primary N) is 1. The molecule has 3 aromatic rings. The number of hydrogen-bond acceptors (Lipinski definition) is 6. The zero-order valence-corrected chi connectivity index (χ0v) is 21.8. The van der Waals surface area contributed by atoms with Gasteiger partial charge in [0.1, 0.15) is 0 Å². The quantitative estimate of drug-likeness (QED) is 0.348. The standard InChI is InChI=1S/C28H30ClN5O3/c1-18(24(14-19-7-9-22(29)10-8-19)21-6-4-5-20(13-21)15-30)34-27(36)28(2,3)37-26-12-11-23(16-33-26)32-17-25(31)35/h4-13,16,18,24,32H,14,17H2,1-3H3,(H2,31,35)(H,34,36). The molecule has 1 heterocycles. The lowest BCUT2D eigenvalue weighted by Crippen LogP contribution is -2.51. The van der Waals surface area contributed by atoms with Gasteiger partial charge in [-0.25, -0.2) is 4.98 Å². The molecule has 3 rings (SSSR count). The highest BCUT2D eigenvalue weighted by Gasteiger charge is 2.33. The van der Waals surface area contributed by atoms with Gasteiger partial charge in [-0.15, -0.1) is 0 Å². The third-order valence-corrected chi connectivity index (χ3v) is 6.14. The molecule has 1 aromatic heterocycles. The van der Waals surface area contributed by atoms with Crippen LogP contribution in [0.25, 0.3) is 0 Å². The normalized spacial score (nSPS) is 12.6. The molecule has 2 unspecified atom stereocenters. The van der Waals surface area contributed by atoms with Crippen molar-refractivity contribution in [3.63, 3.8) is 0 Å². The van der Waals surface area contributed by atoms with Crippen molar-refractivity contribution in [3.8, 4) is 11.9 Å². The number of carbonyl (C=O) groups is 2. The van der Waals surface area contributed by atoms with E-state index in [1.54, 1.807) is 32.0 Å². The number of nitrogens with one attached hydrogen (secondary N) is 2. The van der Waals surface area contributed by atoms with Crippen LogP contribution >= 0.6 is 11.6 Å². The first-order chi connectivity index (χ1) is 17.6. The number of amides is 2. The van der Waals surface area contributed by atoms with E-state index >= 15 is 0 Å². The number of primary amides is 1. The van der Waals surface area contributed by atoms with E-state index in [1.807, 2.05) is 49.4 Å². The molecule has 192 valence electrons. The van der Waals surface area contributed by atoms with E-state index in [-0.39, 0.29) is 30.3 Å². The number of halogens is 1. The van der Waals surface area contributed by atoms with E-state index < -0.39 is 11.5 Å². The van der Waals surface area contributed by atoms with Crippen LogP contribution < -0.4 is 21.1 Å². The zero-order chi connectivity index (χ0) is 27.0. The van der Waals surface area contributed by atoms with E-state index in [0.29, 0.717) is 22.7 Å². The van der Waals surface area contributed by atoms with Crippen molar-refractivity contribution in [1.82, 2.24) is 10.3 Å². The Bertz CT molecular complexity index is 1270. The third kappa shape index (κ3) is 7.95. The van der Waals surface area contributed by atoms with Crippen molar-refractivity contribution in [1.29, 1.82) is 5.26 Å². The van der Waals surface area contributed by atoms with Crippen LogP contribution in [-0.2, 0) is 16.0 Å². The van der Waals surface area contributed by atoms with Gasteiger partial charge in [-0.3, -0.25) is 9.59 Å². The maximum absolute atomic E-state index is 13.3. The number of hydrogen-bond donors (Lipinski definition) is 3. The molecule has 37 heavy (non-hydrogen) atoms. The number of aromatic nitrogens is 1. The van der Waals surface area contributed by atoms with Gasteiger partial charge in [-0.2, -0.15) is 5.26 Å². The highest BCUT2D eigenvalue weighted by Crippen LogP contribution is 2.27. The fourth-order valence-electron chi connectivity index (χ4n) is 3.82. The summed E-state index contributed by atoms with van der Waals surface area (Å²) < 4.78 is 5.90. The summed E-state index contributed by atoms with van der Waals surface area (Å²) in [7, 11) is 0. The summed E-state index contributed by atoms with van der Waals surface area (Å²) in [4.78, 5) is 28.4. The van der Waals surface area contributed by atoms with Gasteiger partial charge in [0, 0.05) is 23.0 Å². The number of nitriles is 1. The Labute approximate surface area is 221 Å². The molecule has 2 atom stereocenters. The molecule has 8 nitrogen and oxygen atoms in total. The summed E-state index contributed by atoms with van der Waals surface area (Å²) >= 11 is 6.06. The second-order valence-corrected chi connectivity index (χ2v) is 9.69. The smallest absolute Gasteiger partial charge is 0.263 e. The summed E-state index contributed by atoms with van der Waals surface area (Å²) in [6, 6.07) is 20.2. The Balaban J connectivity index is 1.74. The average Bonchev–Trinajstić information content (AvgIpc) is 2.87. The van der Waals surface area contributed by atoms with E-state index in [0.717, 1.165) is 11.1 Å². The van der Waals surface area contributed by atoms with Gasteiger partial charge in [-0.1, -0.05) is 35.9 Å². The Morgan fingerprint density at radius 3 is 2.51 bits per heavy atom. The number of rotatable bonds is 11. The lowest BCUT2D eigenvalue weighted by molar-refractivity contribution is -0.135. The van der Waals surface area contributed by atoms with Crippen LogP contribution in [-0.4, -0.2) is 35.0 Å². The fourth-order valence-corrected chi connectivity index (χ4v) is 3.95. The molecular weight excluding hydrogens is 490 g/mol. The molecule has 4 N–H and O–H groups in total. The topological polar surface area (TPSA) is 130 Å². The Kier molecular flexibility index (Phi) is 9.10. The number of anilines is 1. The van der Waals surface area contributed by atoms with Crippen LogP contribution in [0, 0.1) is 11.3 Å². The maximum Gasteiger partial charge on any atom is 0.263 e. The van der Waals surface area contributed by atoms with Gasteiger partial charge >= 0.3 is 0 Å². The summed E-state index contributed by atoms with van der Waals surface area (Å²) in [5.41, 5.74) is 7.08. The van der Waals surface area contributed by atoms with Crippen molar-refractivity contribution in [2.45, 2.75) is 44.8 Å².